The van der Waals surface area contributed by atoms with Crippen LogP contribution < -0.4 is 0 Å². The molecule has 92 valence electrons. The molecule has 2 aliphatic rings. The summed E-state index contributed by atoms with van der Waals surface area (Å²) in [5, 5.41) is 9.35. The van der Waals surface area contributed by atoms with Gasteiger partial charge in [-0.15, -0.1) is 0 Å². The summed E-state index contributed by atoms with van der Waals surface area (Å²) >= 11 is 0. The van der Waals surface area contributed by atoms with Crippen LogP contribution in [0.15, 0.2) is 0 Å². The van der Waals surface area contributed by atoms with Crippen LogP contribution in [0.25, 0.3) is 0 Å². The van der Waals surface area contributed by atoms with Gasteiger partial charge in [-0.1, -0.05) is 6.92 Å². The van der Waals surface area contributed by atoms with Crippen molar-refractivity contribution in [1.29, 1.82) is 0 Å². The SMILES string of the molecule is CC1CCCN(C(=O)O)[C@]1(C)N1CCCC1. The minimum absolute atomic E-state index is 0.277. The van der Waals surface area contributed by atoms with Gasteiger partial charge in [0.05, 0.1) is 5.66 Å². The molecule has 1 N–H and O–H groups in total. The van der Waals surface area contributed by atoms with Crippen molar-refractivity contribution in [2.24, 2.45) is 5.92 Å². The molecule has 0 spiro atoms. The molecule has 0 radical (unpaired) electrons. The first-order valence-electron chi connectivity index (χ1n) is 6.32. The molecule has 2 heterocycles. The highest BCUT2D eigenvalue weighted by Crippen LogP contribution is 2.38. The number of carboxylic acid groups (broad SMARTS) is 1. The predicted octanol–water partition coefficient (Wildman–Crippen LogP) is 2.21. The second-order valence-electron chi connectivity index (χ2n) is 5.27. The summed E-state index contributed by atoms with van der Waals surface area (Å²) < 4.78 is 0. The summed E-state index contributed by atoms with van der Waals surface area (Å²) in [6.45, 7) is 7.08. The van der Waals surface area contributed by atoms with E-state index in [-0.39, 0.29) is 5.66 Å². The number of amides is 1. The molecule has 0 saturated carbocycles. The summed E-state index contributed by atoms with van der Waals surface area (Å²) in [6.07, 6.45) is 3.78. The average Bonchev–Trinajstić information content (AvgIpc) is 2.75. The Bertz CT molecular complexity index is 276. The molecule has 2 rings (SSSR count). The Morgan fingerprint density at radius 1 is 1.25 bits per heavy atom. The van der Waals surface area contributed by atoms with Gasteiger partial charge in [0.1, 0.15) is 0 Å². The minimum Gasteiger partial charge on any atom is -0.465 e. The Labute approximate surface area is 97.2 Å². The van der Waals surface area contributed by atoms with Gasteiger partial charge in [0.2, 0.25) is 0 Å². The van der Waals surface area contributed by atoms with Gasteiger partial charge in [-0.05, 0) is 38.5 Å². The molecular formula is C12H22N2O2. The van der Waals surface area contributed by atoms with E-state index in [1.807, 2.05) is 0 Å². The summed E-state index contributed by atoms with van der Waals surface area (Å²) in [5.74, 6) is 0.426. The van der Waals surface area contributed by atoms with Crippen molar-refractivity contribution >= 4 is 6.09 Å². The second-order valence-corrected chi connectivity index (χ2v) is 5.27. The number of piperidine rings is 1. The molecule has 4 nitrogen and oxygen atoms in total. The minimum atomic E-state index is -0.763. The lowest BCUT2D eigenvalue weighted by Crippen LogP contribution is -2.65. The zero-order chi connectivity index (χ0) is 11.8. The lowest BCUT2D eigenvalue weighted by molar-refractivity contribution is -0.0801. The second kappa shape index (κ2) is 4.24. The van der Waals surface area contributed by atoms with Crippen LogP contribution in [0.5, 0.6) is 0 Å². The fourth-order valence-electron chi connectivity index (χ4n) is 3.26. The summed E-state index contributed by atoms with van der Waals surface area (Å²) in [5.41, 5.74) is -0.277. The Morgan fingerprint density at radius 3 is 2.44 bits per heavy atom. The topological polar surface area (TPSA) is 43.8 Å². The average molecular weight is 226 g/mol. The molecule has 2 fully saturated rings. The van der Waals surface area contributed by atoms with Gasteiger partial charge in [0.25, 0.3) is 0 Å². The van der Waals surface area contributed by atoms with E-state index in [0.29, 0.717) is 12.5 Å². The number of hydrogen-bond acceptors (Lipinski definition) is 2. The van der Waals surface area contributed by atoms with E-state index in [9.17, 15) is 9.90 Å². The molecule has 16 heavy (non-hydrogen) atoms. The highest BCUT2D eigenvalue weighted by Gasteiger charge is 2.47. The van der Waals surface area contributed by atoms with Crippen LogP contribution in [0.2, 0.25) is 0 Å². The van der Waals surface area contributed by atoms with E-state index in [2.05, 4.69) is 18.7 Å². The number of nitrogens with zero attached hydrogens (tertiary/aromatic N) is 2. The lowest BCUT2D eigenvalue weighted by atomic mass is 9.84. The van der Waals surface area contributed by atoms with Crippen LogP contribution in [0.4, 0.5) is 4.79 Å². The molecule has 0 aliphatic carbocycles. The van der Waals surface area contributed by atoms with E-state index >= 15 is 0 Å². The zero-order valence-electron chi connectivity index (χ0n) is 10.3. The monoisotopic (exact) mass is 226 g/mol. The first-order chi connectivity index (χ1) is 7.56. The van der Waals surface area contributed by atoms with E-state index < -0.39 is 6.09 Å². The van der Waals surface area contributed by atoms with Crippen LogP contribution in [-0.2, 0) is 0 Å². The Hall–Kier alpha value is -0.770. The number of rotatable bonds is 1. The van der Waals surface area contributed by atoms with E-state index in [0.717, 1.165) is 25.9 Å². The first kappa shape index (κ1) is 11.7. The van der Waals surface area contributed by atoms with Crippen LogP contribution in [0.1, 0.15) is 39.5 Å². The molecule has 2 saturated heterocycles. The maximum atomic E-state index is 11.4. The fourth-order valence-corrected chi connectivity index (χ4v) is 3.26. The highest BCUT2D eigenvalue weighted by atomic mass is 16.4. The van der Waals surface area contributed by atoms with Crippen molar-refractivity contribution in [2.75, 3.05) is 19.6 Å². The fraction of sp³-hybridized carbons (Fsp3) is 0.917. The molecule has 1 amide bonds. The Balaban J connectivity index is 2.25. The molecule has 2 atom stereocenters. The number of likely N-dealkylation sites (tertiary alicyclic amines) is 2. The summed E-state index contributed by atoms with van der Waals surface area (Å²) in [6, 6.07) is 0. The van der Waals surface area contributed by atoms with E-state index in [4.69, 9.17) is 0 Å². The van der Waals surface area contributed by atoms with Gasteiger partial charge in [0.15, 0.2) is 0 Å². The summed E-state index contributed by atoms with van der Waals surface area (Å²) in [7, 11) is 0. The van der Waals surface area contributed by atoms with Gasteiger partial charge in [-0.25, -0.2) is 4.79 Å². The van der Waals surface area contributed by atoms with Crippen molar-refractivity contribution in [3.63, 3.8) is 0 Å². The van der Waals surface area contributed by atoms with Crippen LogP contribution in [0, 0.1) is 5.92 Å². The van der Waals surface area contributed by atoms with Crippen LogP contribution in [-0.4, -0.2) is 46.3 Å². The third-order valence-corrected chi connectivity index (χ3v) is 4.48. The lowest BCUT2D eigenvalue weighted by Gasteiger charge is -2.52. The predicted molar refractivity (Wildman–Crippen MR) is 62.3 cm³/mol. The number of carbonyl (C=O) groups is 1. The Kier molecular flexibility index (Phi) is 3.10. The third-order valence-electron chi connectivity index (χ3n) is 4.48. The molecule has 1 unspecified atom stereocenters. The van der Waals surface area contributed by atoms with Crippen molar-refractivity contribution in [2.45, 2.75) is 45.2 Å². The van der Waals surface area contributed by atoms with Gasteiger partial charge < -0.3 is 5.11 Å². The standard InChI is InChI=1S/C12H22N2O2/c1-10-6-5-9-14(11(15)16)12(10,2)13-7-3-4-8-13/h10H,3-9H2,1-2H3,(H,15,16)/t10?,12-/m0/s1. The molecular weight excluding hydrogens is 204 g/mol. The molecule has 0 bridgehead atoms. The Morgan fingerprint density at radius 2 is 1.88 bits per heavy atom. The zero-order valence-corrected chi connectivity index (χ0v) is 10.3. The first-order valence-corrected chi connectivity index (χ1v) is 6.32. The normalized spacial score (nSPS) is 36.6. The smallest absolute Gasteiger partial charge is 0.408 e. The van der Waals surface area contributed by atoms with Crippen LogP contribution >= 0.6 is 0 Å². The van der Waals surface area contributed by atoms with Crippen molar-refractivity contribution in [1.82, 2.24) is 9.80 Å². The van der Waals surface area contributed by atoms with Gasteiger partial charge >= 0.3 is 6.09 Å². The molecule has 0 aromatic heterocycles. The van der Waals surface area contributed by atoms with E-state index in [1.165, 1.54) is 12.8 Å². The quantitative estimate of drug-likeness (QED) is 0.745. The van der Waals surface area contributed by atoms with Gasteiger partial charge in [-0.3, -0.25) is 9.80 Å². The molecule has 2 aliphatic heterocycles. The highest BCUT2D eigenvalue weighted by molar-refractivity contribution is 5.66. The van der Waals surface area contributed by atoms with Crippen molar-refractivity contribution < 1.29 is 9.90 Å². The van der Waals surface area contributed by atoms with Crippen LogP contribution in [0.3, 0.4) is 0 Å². The third kappa shape index (κ3) is 1.69. The summed E-state index contributed by atoms with van der Waals surface area (Å²) in [4.78, 5) is 15.4. The number of hydrogen-bond donors (Lipinski definition) is 1. The molecule has 0 aromatic rings. The van der Waals surface area contributed by atoms with Gasteiger partial charge in [-0.2, -0.15) is 0 Å². The maximum Gasteiger partial charge on any atom is 0.408 e. The van der Waals surface area contributed by atoms with Crippen molar-refractivity contribution in [3.05, 3.63) is 0 Å². The molecule has 0 aromatic carbocycles. The molecule has 4 heteroatoms. The largest absolute Gasteiger partial charge is 0.465 e. The van der Waals surface area contributed by atoms with E-state index in [1.54, 1.807) is 4.90 Å². The maximum absolute atomic E-state index is 11.4. The van der Waals surface area contributed by atoms with Gasteiger partial charge in [0, 0.05) is 19.6 Å². The van der Waals surface area contributed by atoms with Crippen molar-refractivity contribution in [3.8, 4) is 0 Å².